The highest BCUT2D eigenvalue weighted by molar-refractivity contribution is 7.45. The second kappa shape index (κ2) is 53.8. The van der Waals surface area contributed by atoms with E-state index in [1.54, 1.807) is 0 Å². The van der Waals surface area contributed by atoms with Crippen molar-refractivity contribution in [2.24, 2.45) is 0 Å². The monoisotopic (exact) mass is 1030 g/mol. The van der Waals surface area contributed by atoms with Gasteiger partial charge in [-0.1, -0.05) is 242 Å². The van der Waals surface area contributed by atoms with Crippen LogP contribution in [0.3, 0.4) is 0 Å². The van der Waals surface area contributed by atoms with Crippen LogP contribution in [0.4, 0.5) is 0 Å². The molecule has 0 saturated carbocycles. The van der Waals surface area contributed by atoms with E-state index in [9.17, 15) is 19.0 Å². The van der Waals surface area contributed by atoms with Crippen molar-refractivity contribution in [2.75, 3.05) is 47.5 Å². The Bertz CT molecular complexity index is 1360. The standard InChI is InChI=1S/C62H116NO8P/c1-6-8-10-12-14-16-18-20-22-23-24-25-26-27-28-29-30-31-32-33-34-35-36-37-38-39-41-43-45-47-49-51-53-55-62(65)71-60(59-70-72(66,67)69-57-56-63(3,4)5)58-68-61(64)54-52-50-48-46-44-42-40-21-19-17-15-13-11-9-7-2/h18,20-21,23-24,26-27,40,60H,6-17,19,22,25,28-39,41-59H2,1-5H3/b20-18-,24-23-,27-26-,40-21-. The zero-order valence-electron chi connectivity index (χ0n) is 47.9. The summed E-state index contributed by atoms with van der Waals surface area (Å²) in [4.78, 5) is 37.8. The van der Waals surface area contributed by atoms with Gasteiger partial charge in [0, 0.05) is 12.8 Å². The largest absolute Gasteiger partial charge is 0.756 e. The number of rotatable bonds is 56. The van der Waals surface area contributed by atoms with Crippen molar-refractivity contribution in [3.8, 4) is 0 Å². The van der Waals surface area contributed by atoms with Gasteiger partial charge < -0.3 is 27.9 Å². The summed E-state index contributed by atoms with van der Waals surface area (Å²) >= 11 is 0. The fraction of sp³-hybridized carbons (Fsp3) is 0.839. The van der Waals surface area contributed by atoms with Crippen LogP contribution in [0.2, 0.25) is 0 Å². The zero-order chi connectivity index (χ0) is 52.7. The van der Waals surface area contributed by atoms with Crippen LogP contribution in [0, 0.1) is 0 Å². The Morgan fingerprint density at radius 1 is 0.431 bits per heavy atom. The molecular weight excluding hydrogens is 918 g/mol. The number of nitrogens with zero attached hydrogens (tertiary/aromatic N) is 1. The van der Waals surface area contributed by atoms with Gasteiger partial charge in [0.1, 0.15) is 19.8 Å². The average molecular weight is 1030 g/mol. The highest BCUT2D eigenvalue weighted by atomic mass is 31.2. The van der Waals surface area contributed by atoms with Crippen molar-refractivity contribution in [1.82, 2.24) is 0 Å². The molecule has 0 aromatic carbocycles. The number of quaternary nitrogens is 1. The van der Waals surface area contributed by atoms with Gasteiger partial charge in [0.25, 0.3) is 7.82 Å². The summed E-state index contributed by atoms with van der Waals surface area (Å²) in [6.07, 6.45) is 67.4. The van der Waals surface area contributed by atoms with E-state index >= 15 is 0 Å². The number of hydrogen-bond acceptors (Lipinski definition) is 8. The van der Waals surface area contributed by atoms with Crippen LogP contribution < -0.4 is 4.89 Å². The Morgan fingerprint density at radius 2 is 0.750 bits per heavy atom. The van der Waals surface area contributed by atoms with Gasteiger partial charge in [0.2, 0.25) is 0 Å². The van der Waals surface area contributed by atoms with Crippen LogP contribution in [0.15, 0.2) is 48.6 Å². The van der Waals surface area contributed by atoms with Gasteiger partial charge in [-0.05, 0) is 77.0 Å². The summed E-state index contributed by atoms with van der Waals surface area (Å²) in [5.41, 5.74) is 0. The van der Waals surface area contributed by atoms with E-state index in [0.29, 0.717) is 17.4 Å². The van der Waals surface area contributed by atoms with Crippen molar-refractivity contribution >= 4 is 19.8 Å². The summed E-state index contributed by atoms with van der Waals surface area (Å²) < 4.78 is 34.1. The molecule has 10 heteroatoms. The maximum atomic E-state index is 12.8. The van der Waals surface area contributed by atoms with E-state index < -0.39 is 26.5 Å². The van der Waals surface area contributed by atoms with E-state index in [-0.39, 0.29) is 32.0 Å². The number of carbonyl (C=O) groups excluding carboxylic acids is 2. The molecule has 2 unspecified atom stereocenters. The van der Waals surface area contributed by atoms with Crippen molar-refractivity contribution in [3.05, 3.63) is 48.6 Å². The van der Waals surface area contributed by atoms with E-state index in [1.165, 1.54) is 180 Å². The van der Waals surface area contributed by atoms with Gasteiger partial charge in [-0.15, -0.1) is 0 Å². The Morgan fingerprint density at radius 3 is 1.12 bits per heavy atom. The first-order valence-electron chi connectivity index (χ1n) is 30.3. The Labute approximate surface area is 445 Å². The maximum absolute atomic E-state index is 12.8. The van der Waals surface area contributed by atoms with Crippen LogP contribution in [-0.4, -0.2) is 70.0 Å². The molecule has 2 atom stereocenters. The lowest BCUT2D eigenvalue weighted by Gasteiger charge is -2.28. The summed E-state index contributed by atoms with van der Waals surface area (Å²) in [6.45, 7) is 4.24. The lowest BCUT2D eigenvalue weighted by molar-refractivity contribution is -0.870. The number of unbranched alkanes of at least 4 members (excludes halogenated alkanes) is 34. The number of carbonyl (C=O) groups is 2. The third kappa shape index (κ3) is 57.3. The fourth-order valence-electron chi connectivity index (χ4n) is 8.60. The Kier molecular flexibility index (Phi) is 52.3. The molecule has 0 aliphatic carbocycles. The molecule has 0 aromatic rings. The number of phosphoric ester groups is 1. The molecule has 9 nitrogen and oxygen atoms in total. The molecule has 0 bridgehead atoms. The van der Waals surface area contributed by atoms with Crippen LogP contribution in [0.5, 0.6) is 0 Å². The van der Waals surface area contributed by atoms with Gasteiger partial charge in [-0.25, -0.2) is 0 Å². The maximum Gasteiger partial charge on any atom is 0.306 e. The predicted octanol–water partition coefficient (Wildman–Crippen LogP) is 18.3. The minimum Gasteiger partial charge on any atom is -0.756 e. The van der Waals surface area contributed by atoms with E-state index in [0.717, 1.165) is 70.6 Å². The molecule has 0 aromatic heterocycles. The molecule has 72 heavy (non-hydrogen) atoms. The highest BCUT2D eigenvalue weighted by Gasteiger charge is 2.22. The second-order valence-corrected chi connectivity index (χ2v) is 23.1. The number of hydrogen-bond donors (Lipinski definition) is 0. The van der Waals surface area contributed by atoms with Crippen LogP contribution >= 0.6 is 7.82 Å². The molecule has 0 radical (unpaired) electrons. The van der Waals surface area contributed by atoms with Crippen molar-refractivity contribution < 1.29 is 42.1 Å². The molecule has 0 rings (SSSR count). The molecule has 0 N–H and O–H groups in total. The first-order valence-corrected chi connectivity index (χ1v) is 31.8. The normalized spacial score (nSPS) is 13.6. The smallest absolute Gasteiger partial charge is 0.306 e. The number of allylic oxidation sites excluding steroid dienone is 8. The number of esters is 2. The average Bonchev–Trinajstić information content (AvgIpc) is 3.34. The molecule has 0 spiro atoms. The highest BCUT2D eigenvalue weighted by Crippen LogP contribution is 2.38. The number of phosphoric acid groups is 1. The fourth-order valence-corrected chi connectivity index (χ4v) is 9.33. The minimum absolute atomic E-state index is 0.0313. The molecule has 0 fully saturated rings. The van der Waals surface area contributed by atoms with Gasteiger partial charge in [0.05, 0.1) is 27.7 Å². The molecule has 0 saturated heterocycles. The van der Waals surface area contributed by atoms with Gasteiger partial charge in [-0.3, -0.25) is 14.2 Å². The minimum atomic E-state index is -4.63. The SMILES string of the molecule is CCCCCCC/C=C\C/C=C\C/C=C\CCCCCCCCCCCCCCCCCCCCC(=O)OC(COC(=O)CCCCCCC/C=C\CCCCCCCC)COP(=O)([O-])OCC[N+](C)(C)C. The Balaban J connectivity index is 4.03. The quantitative estimate of drug-likeness (QED) is 0.0195. The summed E-state index contributed by atoms with van der Waals surface area (Å²) in [7, 11) is 1.17. The van der Waals surface area contributed by atoms with Crippen LogP contribution in [-0.2, 0) is 32.7 Å². The van der Waals surface area contributed by atoms with E-state index in [1.807, 2.05) is 21.1 Å². The third-order valence-corrected chi connectivity index (χ3v) is 14.3. The van der Waals surface area contributed by atoms with Gasteiger partial charge in [-0.2, -0.15) is 0 Å². The van der Waals surface area contributed by atoms with Gasteiger partial charge >= 0.3 is 11.9 Å². The summed E-state index contributed by atoms with van der Waals surface area (Å²) in [5.74, 6) is -0.833. The van der Waals surface area contributed by atoms with Crippen LogP contribution in [0.1, 0.15) is 284 Å². The van der Waals surface area contributed by atoms with Crippen LogP contribution in [0.25, 0.3) is 0 Å². The van der Waals surface area contributed by atoms with Gasteiger partial charge in [0.15, 0.2) is 6.10 Å². The molecule has 0 heterocycles. The molecule has 0 aliphatic rings. The lowest BCUT2D eigenvalue weighted by atomic mass is 10.0. The molecule has 0 amide bonds. The summed E-state index contributed by atoms with van der Waals surface area (Å²) in [6, 6.07) is 0. The zero-order valence-corrected chi connectivity index (χ0v) is 48.8. The molecular formula is C62H116NO8P. The predicted molar refractivity (Wildman–Crippen MR) is 305 cm³/mol. The molecule has 422 valence electrons. The third-order valence-electron chi connectivity index (χ3n) is 13.3. The lowest BCUT2D eigenvalue weighted by Crippen LogP contribution is -2.37. The topological polar surface area (TPSA) is 111 Å². The first-order chi connectivity index (χ1) is 35.0. The first kappa shape index (κ1) is 70.0. The number of likely N-dealkylation sites (N-methyl/N-ethyl adjacent to an activating group) is 1. The van der Waals surface area contributed by atoms with E-state index in [4.69, 9.17) is 18.5 Å². The summed E-state index contributed by atoms with van der Waals surface area (Å²) in [5, 5.41) is 0. The second-order valence-electron chi connectivity index (χ2n) is 21.7. The van der Waals surface area contributed by atoms with Crippen molar-refractivity contribution in [2.45, 2.75) is 290 Å². The van der Waals surface area contributed by atoms with Crippen molar-refractivity contribution in [3.63, 3.8) is 0 Å². The van der Waals surface area contributed by atoms with Crippen molar-refractivity contribution in [1.29, 1.82) is 0 Å². The number of ether oxygens (including phenoxy) is 2. The Hall–Kier alpha value is -2.03. The molecule has 0 aliphatic heterocycles. The van der Waals surface area contributed by atoms with E-state index in [2.05, 4.69) is 62.5 Å².